The third kappa shape index (κ3) is 1.11. The van der Waals surface area contributed by atoms with Crippen LogP contribution in [-0.2, 0) is 0 Å². The molecule has 3 rings (SSSR count). The van der Waals surface area contributed by atoms with Crippen LogP contribution in [0.1, 0.15) is 5.69 Å². The summed E-state index contributed by atoms with van der Waals surface area (Å²) in [6.45, 7) is 3.70. The van der Waals surface area contributed by atoms with E-state index in [-0.39, 0.29) is 5.56 Å². The minimum atomic E-state index is -0.104. The fraction of sp³-hybridized carbons (Fsp3) is 0. The number of rotatable bonds is 1. The lowest BCUT2D eigenvalue weighted by molar-refractivity contribution is 1.24. The van der Waals surface area contributed by atoms with E-state index in [1.54, 1.807) is 12.1 Å². The fourth-order valence-corrected chi connectivity index (χ4v) is 2.04. The smallest absolute Gasteiger partial charge is 0.249 e. The van der Waals surface area contributed by atoms with Gasteiger partial charge >= 0.3 is 0 Å². The van der Waals surface area contributed by atoms with Gasteiger partial charge in [-0.05, 0) is 12.1 Å². The van der Waals surface area contributed by atoms with Gasteiger partial charge in [0.25, 0.3) is 0 Å². The predicted octanol–water partition coefficient (Wildman–Crippen LogP) is 2.65. The van der Waals surface area contributed by atoms with E-state index in [0.717, 1.165) is 27.5 Å². The van der Waals surface area contributed by atoms with Crippen LogP contribution in [0.3, 0.4) is 0 Å². The molecule has 2 N–H and O–H groups in total. The Hall–Kier alpha value is -2.29. The van der Waals surface area contributed by atoms with Crippen molar-refractivity contribution in [2.24, 2.45) is 0 Å². The van der Waals surface area contributed by atoms with Crippen molar-refractivity contribution in [1.29, 1.82) is 0 Å². The van der Waals surface area contributed by atoms with Gasteiger partial charge in [-0.15, -0.1) is 0 Å². The zero-order valence-corrected chi connectivity index (χ0v) is 8.58. The highest BCUT2D eigenvalue weighted by Crippen LogP contribution is 2.25. The number of pyridine rings is 1. The van der Waals surface area contributed by atoms with Gasteiger partial charge in [-0.1, -0.05) is 24.8 Å². The van der Waals surface area contributed by atoms with Crippen LogP contribution in [0.15, 0.2) is 41.7 Å². The van der Waals surface area contributed by atoms with Crippen molar-refractivity contribution in [2.45, 2.75) is 0 Å². The molecular formula is C13H10N2O. The molecule has 0 aliphatic heterocycles. The Balaban J connectivity index is 2.64. The van der Waals surface area contributed by atoms with Gasteiger partial charge in [0.05, 0.1) is 11.2 Å². The summed E-state index contributed by atoms with van der Waals surface area (Å²) in [5, 5.41) is 2.00. The quantitative estimate of drug-likeness (QED) is 0.637. The van der Waals surface area contributed by atoms with Gasteiger partial charge in [0, 0.05) is 22.4 Å². The molecule has 3 heteroatoms. The largest absolute Gasteiger partial charge is 0.353 e. The lowest BCUT2D eigenvalue weighted by atomic mass is 10.1. The number of H-pyrrole nitrogens is 2. The second kappa shape index (κ2) is 3.10. The Bertz CT molecular complexity index is 749. The summed E-state index contributed by atoms with van der Waals surface area (Å²) in [6, 6.07) is 9.53. The molecule has 0 radical (unpaired) electrons. The summed E-state index contributed by atoms with van der Waals surface area (Å²) in [7, 11) is 0. The number of fused-ring (bicyclic) bond motifs is 3. The highest BCUT2D eigenvalue weighted by Gasteiger charge is 2.07. The Morgan fingerprint density at radius 3 is 2.75 bits per heavy atom. The molecule has 0 atom stereocenters. The predicted molar refractivity (Wildman–Crippen MR) is 66.5 cm³/mol. The minimum absolute atomic E-state index is 0.104. The molecule has 0 bridgehead atoms. The molecule has 0 aliphatic rings. The number of hydrogen-bond donors (Lipinski definition) is 2. The SMILES string of the molecule is C=Cc1[nH]c(=O)cc2c1[nH]c1ccccc12. The van der Waals surface area contributed by atoms with E-state index in [1.807, 2.05) is 24.3 Å². The second-order valence-electron chi connectivity index (χ2n) is 3.71. The van der Waals surface area contributed by atoms with E-state index in [4.69, 9.17) is 0 Å². The standard InChI is InChI=1S/C13H10N2O/c1-2-10-13-9(7-12(16)14-10)8-5-3-4-6-11(8)15-13/h2-7,15H,1H2,(H,14,16). The third-order valence-electron chi connectivity index (χ3n) is 2.75. The van der Waals surface area contributed by atoms with Gasteiger partial charge in [0.2, 0.25) is 5.56 Å². The number of benzene rings is 1. The first-order valence-electron chi connectivity index (χ1n) is 5.06. The topological polar surface area (TPSA) is 48.6 Å². The maximum Gasteiger partial charge on any atom is 0.249 e. The van der Waals surface area contributed by atoms with E-state index in [1.165, 1.54) is 0 Å². The Morgan fingerprint density at radius 1 is 1.12 bits per heavy atom. The highest BCUT2D eigenvalue weighted by molar-refractivity contribution is 6.08. The average molecular weight is 210 g/mol. The summed E-state index contributed by atoms with van der Waals surface area (Å²) < 4.78 is 0. The fourth-order valence-electron chi connectivity index (χ4n) is 2.04. The number of aromatic amines is 2. The van der Waals surface area contributed by atoms with E-state index in [0.29, 0.717) is 0 Å². The van der Waals surface area contributed by atoms with Gasteiger partial charge in [-0.2, -0.15) is 0 Å². The highest BCUT2D eigenvalue weighted by atomic mass is 16.1. The van der Waals surface area contributed by atoms with Crippen molar-refractivity contribution >= 4 is 27.9 Å². The molecule has 0 saturated carbocycles. The molecule has 0 fully saturated rings. The monoisotopic (exact) mass is 210 g/mol. The molecule has 16 heavy (non-hydrogen) atoms. The van der Waals surface area contributed by atoms with Crippen molar-refractivity contribution in [1.82, 2.24) is 9.97 Å². The molecule has 0 amide bonds. The molecule has 2 heterocycles. The molecule has 1 aromatic carbocycles. The van der Waals surface area contributed by atoms with Gasteiger partial charge < -0.3 is 9.97 Å². The van der Waals surface area contributed by atoms with Crippen molar-refractivity contribution in [3.05, 3.63) is 53.0 Å². The molecule has 3 nitrogen and oxygen atoms in total. The molecule has 2 aromatic heterocycles. The van der Waals surface area contributed by atoms with Gasteiger partial charge in [-0.25, -0.2) is 0 Å². The Morgan fingerprint density at radius 2 is 1.94 bits per heavy atom. The van der Waals surface area contributed by atoms with Gasteiger partial charge in [0.1, 0.15) is 0 Å². The van der Waals surface area contributed by atoms with Crippen LogP contribution in [-0.4, -0.2) is 9.97 Å². The lowest BCUT2D eigenvalue weighted by Crippen LogP contribution is -2.04. The molecule has 78 valence electrons. The van der Waals surface area contributed by atoms with Crippen molar-refractivity contribution in [3.8, 4) is 0 Å². The van der Waals surface area contributed by atoms with Gasteiger partial charge in [0.15, 0.2) is 0 Å². The number of hydrogen-bond acceptors (Lipinski definition) is 1. The number of aromatic nitrogens is 2. The van der Waals surface area contributed by atoms with Crippen molar-refractivity contribution in [2.75, 3.05) is 0 Å². The maximum absolute atomic E-state index is 11.5. The summed E-state index contributed by atoms with van der Waals surface area (Å²) >= 11 is 0. The minimum Gasteiger partial charge on any atom is -0.353 e. The lowest BCUT2D eigenvalue weighted by Gasteiger charge is -1.95. The van der Waals surface area contributed by atoms with Crippen molar-refractivity contribution < 1.29 is 0 Å². The van der Waals surface area contributed by atoms with Crippen LogP contribution in [0, 0.1) is 0 Å². The maximum atomic E-state index is 11.5. The summed E-state index contributed by atoms with van der Waals surface area (Å²) in [6.07, 6.45) is 1.65. The first-order chi connectivity index (χ1) is 7.79. The average Bonchev–Trinajstić information content (AvgIpc) is 2.67. The van der Waals surface area contributed by atoms with Gasteiger partial charge in [-0.3, -0.25) is 4.79 Å². The normalized spacial score (nSPS) is 11.0. The summed E-state index contributed by atoms with van der Waals surface area (Å²) in [4.78, 5) is 17.5. The van der Waals surface area contributed by atoms with Crippen LogP contribution in [0.2, 0.25) is 0 Å². The van der Waals surface area contributed by atoms with Crippen LogP contribution < -0.4 is 5.56 Å². The molecule has 0 unspecified atom stereocenters. The number of nitrogens with one attached hydrogen (secondary N) is 2. The first-order valence-corrected chi connectivity index (χ1v) is 5.06. The zero-order chi connectivity index (χ0) is 11.1. The van der Waals surface area contributed by atoms with E-state index in [2.05, 4.69) is 16.5 Å². The van der Waals surface area contributed by atoms with E-state index < -0.39 is 0 Å². The second-order valence-corrected chi connectivity index (χ2v) is 3.71. The van der Waals surface area contributed by atoms with Crippen LogP contribution in [0.4, 0.5) is 0 Å². The molecule has 0 spiro atoms. The van der Waals surface area contributed by atoms with Crippen LogP contribution in [0.25, 0.3) is 27.9 Å². The van der Waals surface area contributed by atoms with Crippen LogP contribution in [0.5, 0.6) is 0 Å². The molecular weight excluding hydrogens is 200 g/mol. The number of para-hydroxylation sites is 1. The van der Waals surface area contributed by atoms with E-state index in [9.17, 15) is 4.79 Å². The first kappa shape index (κ1) is 8.97. The molecule has 0 aliphatic carbocycles. The van der Waals surface area contributed by atoms with E-state index >= 15 is 0 Å². The molecule has 0 saturated heterocycles. The molecule has 3 aromatic rings. The Kier molecular flexibility index (Phi) is 1.74. The summed E-state index contributed by atoms with van der Waals surface area (Å²) in [5.74, 6) is 0. The summed E-state index contributed by atoms with van der Waals surface area (Å²) in [5.41, 5.74) is 2.58. The van der Waals surface area contributed by atoms with Crippen LogP contribution >= 0.6 is 0 Å². The van der Waals surface area contributed by atoms with Crippen molar-refractivity contribution in [3.63, 3.8) is 0 Å². The third-order valence-corrected chi connectivity index (χ3v) is 2.75. The zero-order valence-electron chi connectivity index (χ0n) is 8.58. The Labute approximate surface area is 91.4 Å².